The molecule has 0 saturated carbocycles. The Bertz CT molecular complexity index is 114. The van der Waals surface area contributed by atoms with Gasteiger partial charge in [-0.15, -0.1) is 0 Å². The molecule has 0 radical (unpaired) electrons. The largest absolute Gasteiger partial charge is 0.394 e. The highest BCUT2D eigenvalue weighted by molar-refractivity contribution is 4.64. The molecule has 0 bridgehead atoms. The fourth-order valence-corrected chi connectivity index (χ4v) is 1.11. The van der Waals surface area contributed by atoms with Crippen molar-refractivity contribution in [3.05, 3.63) is 0 Å². The summed E-state index contributed by atoms with van der Waals surface area (Å²) in [4.78, 5) is 0. The van der Waals surface area contributed by atoms with Crippen molar-refractivity contribution >= 4 is 0 Å². The minimum atomic E-state index is -0.0984. The standard InChI is InChI=1S/C8H16O3/c1-6(2)3-8-10-5-7(4-9)11-8/h6-9H,3-5H2,1-2H3. The minimum absolute atomic E-state index is 0.0641. The van der Waals surface area contributed by atoms with Crippen LogP contribution in [0.1, 0.15) is 20.3 Å². The molecule has 1 saturated heterocycles. The molecule has 2 unspecified atom stereocenters. The van der Waals surface area contributed by atoms with Gasteiger partial charge in [-0.25, -0.2) is 0 Å². The van der Waals surface area contributed by atoms with Crippen molar-refractivity contribution in [1.29, 1.82) is 0 Å². The predicted octanol–water partition coefficient (Wildman–Crippen LogP) is 0.766. The zero-order valence-corrected chi connectivity index (χ0v) is 7.12. The van der Waals surface area contributed by atoms with E-state index in [1.807, 2.05) is 0 Å². The number of hydrogen-bond donors (Lipinski definition) is 1. The predicted molar refractivity (Wildman–Crippen MR) is 41.2 cm³/mol. The first-order valence-corrected chi connectivity index (χ1v) is 4.10. The van der Waals surface area contributed by atoms with Gasteiger partial charge in [-0.3, -0.25) is 0 Å². The van der Waals surface area contributed by atoms with Crippen LogP contribution >= 0.6 is 0 Å². The summed E-state index contributed by atoms with van der Waals surface area (Å²) in [5.74, 6) is 0.581. The van der Waals surface area contributed by atoms with Gasteiger partial charge < -0.3 is 14.6 Å². The molecule has 1 aliphatic heterocycles. The molecule has 1 heterocycles. The van der Waals surface area contributed by atoms with Gasteiger partial charge in [0, 0.05) is 6.42 Å². The lowest BCUT2D eigenvalue weighted by Crippen LogP contribution is -2.17. The van der Waals surface area contributed by atoms with E-state index in [9.17, 15) is 0 Å². The normalized spacial score (nSPS) is 31.6. The number of hydrogen-bond acceptors (Lipinski definition) is 3. The maximum absolute atomic E-state index is 8.71. The van der Waals surface area contributed by atoms with Crippen LogP contribution in [0.2, 0.25) is 0 Å². The van der Waals surface area contributed by atoms with Crippen molar-refractivity contribution < 1.29 is 14.6 Å². The quantitative estimate of drug-likeness (QED) is 0.662. The Morgan fingerprint density at radius 2 is 2.27 bits per heavy atom. The lowest BCUT2D eigenvalue weighted by Gasteiger charge is -2.11. The maximum Gasteiger partial charge on any atom is 0.158 e. The Morgan fingerprint density at radius 1 is 1.55 bits per heavy atom. The third kappa shape index (κ3) is 2.77. The Morgan fingerprint density at radius 3 is 2.73 bits per heavy atom. The summed E-state index contributed by atoms with van der Waals surface area (Å²) in [5.41, 5.74) is 0. The first-order valence-electron chi connectivity index (χ1n) is 4.10. The number of aliphatic hydroxyl groups excluding tert-OH is 1. The second-order valence-corrected chi connectivity index (χ2v) is 3.33. The van der Waals surface area contributed by atoms with Crippen LogP contribution < -0.4 is 0 Å². The molecule has 0 aromatic carbocycles. The van der Waals surface area contributed by atoms with E-state index in [0.717, 1.165) is 6.42 Å². The van der Waals surface area contributed by atoms with Crippen LogP contribution in [-0.4, -0.2) is 30.7 Å². The third-order valence-electron chi connectivity index (χ3n) is 1.68. The van der Waals surface area contributed by atoms with E-state index in [1.54, 1.807) is 0 Å². The second-order valence-electron chi connectivity index (χ2n) is 3.33. The van der Waals surface area contributed by atoms with E-state index in [2.05, 4.69) is 13.8 Å². The highest BCUT2D eigenvalue weighted by Gasteiger charge is 2.25. The first kappa shape index (κ1) is 8.97. The Hall–Kier alpha value is -0.120. The van der Waals surface area contributed by atoms with E-state index in [4.69, 9.17) is 14.6 Å². The second kappa shape index (κ2) is 4.04. The summed E-state index contributed by atoms with van der Waals surface area (Å²) >= 11 is 0. The van der Waals surface area contributed by atoms with Gasteiger partial charge in [-0.05, 0) is 5.92 Å². The minimum Gasteiger partial charge on any atom is -0.394 e. The van der Waals surface area contributed by atoms with Crippen LogP contribution in [0.15, 0.2) is 0 Å². The monoisotopic (exact) mass is 160 g/mol. The van der Waals surface area contributed by atoms with Gasteiger partial charge in [0.05, 0.1) is 13.2 Å². The van der Waals surface area contributed by atoms with Gasteiger partial charge in [0.1, 0.15) is 6.10 Å². The van der Waals surface area contributed by atoms with Crippen molar-refractivity contribution in [2.75, 3.05) is 13.2 Å². The molecular formula is C8H16O3. The summed E-state index contributed by atoms with van der Waals surface area (Å²) in [5, 5.41) is 8.71. The van der Waals surface area contributed by atoms with Crippen LogP contribution in [0.5, 0.6) is 0 Å². The molecule has 1 aliphatic rings. The van der Waals surface area contributed by atoms with Crippen molar-refractivity contribution in [3.8, 4) is 0 Å². The summed E-state index contributed by atoms with van der Waals surface area (Å²) in [6.07, 6.45) is 0.724. The Labute approximate surface area is 67.3 Å². The number of rotatable bonds is 3. The molecule has 1 rings (SSSR count). The molecule has 66 valence electrons. The fourth-order valence-electron chi connectivity index (χ4n) is 1.11. The van der Waals surface area contributed by atoms with Crippen molar-refractivity contribution in [3.63, 3.8) is 0 Å². The highest BCUT2D eigenvalue weighted by Crippen LogP contribution is 2.17. The van der Waals surface area contributed by atoms with Gasteiger partial charge in [-0.1, -0.05) is 13.8 Å². The Kier molecular flexibility index (Phi) is 3.30. The van der Waals surface area contributed by atoms with Crippen LogP contribution in [0, 0.1) is 5.92 Å². The Balaban J connectivity index is 2.19. The molecule has 3 heteroatoms. The third-order valence-corrected chi connectivity index (χ3v) is 1.68. The lowest BCUT2D eigenvalue weighted by molar-refractivity contribution is -0.0754. The number of ether oxygens (including phenoxy) is 2. The van der Waals surface area contributed by atoms with Crippen molar-refractivity contribution in [1.82, 2.24) is 0 Å². The van der Waals surface area contributed by atoms with E-state index < -0.39 is 0 Å². The number of aliphatic hydroxyl groups is 1. The van der Waals surface area contributed by atoms with E-state index in [1.165, 1.54) is 0 Å². The van der Waals surface area contributed by atoms with E-state index in [0.29, 0.717) is 12.5 Å². The molecule has 0 aromatic rings. The molecule has 0 aromatic heterocycles. The van der Waals surface area contributed by atoms with E-state index in [-0.39, 0.29) is 19.0 Å². The zero-order valence-electron chi connectivity index (χ0n) is 7.12. The molecule has 0 aliphatic carbocycles. The van der Waals surface area contributed by atoms with Crippen LogP contribution in [-0.2, 0) is 9.47 Å². The molecule has 2 atom stereocenters. The van der Waals surface area contributed by atoms with Gasteiger partial charge in [0.15, 0.2) is 6.29 Å². The SMILES string of the molecule is CC(C)CC1OCC(CO)O1. The molecule has 1 fully saturated rings. The topological polar surface area (TPSA) is 38.7 Å². The van der Waals surface area contributed by atoms with Gasteiger partial charge in [0.25, 0.3) is 0 Å². The van der Waals surface area contributed by atoms with Crippen molar-refractivity contribution in [2.45, 2.75) is 32.7 Å². The summed E-state index contributed by atoms with van der Waals surface area (Å²) in [7, 11) is 0. The summed E-state index contributed by atoms with van der Waals surface area (Å²) in [6.45, 7) is 4.85. The van der Waals surface area contributed by atoms with Gasteiger partial charge >= 0.3 is 0 Å². The molecule has 0 spiro atoms. The first-order chi connectivity index (χ1) is 5.22. The average Bonchev–Trinajstić information content (AvgIpc) is 2.34. The molecular weight excluding hydrogens is 144 g/mol. The lowest BCUT2D eigenvalue weighted by atomic mass is 10.1. The molecule has 0 amide bonds. The highest BCUT2D eigenvalue weighted by atomic mass is 16.7. The molecule has 11 heavy (non-hydrogen) atoms. The summed E-state index contributed by atoms with van der Waals surface area (Å²) < 4.78 is 10.6. The smallest absolute Gasteiger partial charge is 0.158 e. The van der Waals surface area contributed by atoms with Crippen LogP contribution in [0.25, 0.3) is 0 Å². The zero-order chi connectivity index (χ0) is 8.27. The van der Waals surface area contributed by atoms with Gasteiger partial charge in [0.2, 0.25) is 0 Å². The van der Waals surface area contributed by atoms with Crippen LogP contribution in [0.3, 0.4) is 0 Å². The van der Waals surface area contributed by atoms with E-state index >= 15 is 0 Å². The molecule has 1 N–H and O–H groups in total. The summed E-state index contributed by atoms with van der Waals surface area (Å²) in [6, 6.07) is 0. The van der Waals surface area contributed by atoms with Crippen molar-refractivity contribution in [2.24, 2.45) is 5.92 Å². The average molecular weight is 160 g/mol. The maximum atomic E-state index is 8.71. The van der Waals surface area contributed by atoms with Gasteiger partial charge in [-0.2, -0.15) is 0 Å². The van der Waals surface area contributed by atoms with Crippen LogP contribution in [0.4, 0.5) is 0 Å². The fraction of sp³-hybridized carbons (Fsp3) is 1.00. The molecule has 3 nitrogen and oxygen atoms in total.